The normalized spacial score (nSPS) is 11.0. The molecular weight excluding hydrogens is 411 g/mol. The first-order valence-electron chi connectivity index (χ1n) is 7.89. The Balaban J connectivity index is 1.81. The molecule has 0 saturated heterocycles. The Morgan fingerprint density at radius 3 is 2.57 bits per heavy atom. The van der Waals surface area contributed by atoms with Crippen molar-refractivity contribution in [1.29, 1.82) is 0 Å². The molecule has 0 aliphatic heterocycles. The van der Waals surface area contributed by atoms with Gasteiger partial charge in [0.05, 0.1) is 16.1 Å². The Morgan fingerprint density at radius 2 is 1.82 bits per heavy atom. The summed E-state index contributed by atoms with van der Waals surface area (Å²) in [4.78, 5) is 16.2. The number of hydrogen-bond donors (Lipinski definition) is 0. The fourth-order valence-electron chi connectivity index (χ4n) is 2.66. The number of fused-ring (bicyclic) bond motifs is 1. The summed E-state index contributed by atoms with van der Waals surface area (Å²) in [6.07, 6.45) is 1.21. The smallest absolute Gasteiger partial charge is 0.281 e. The van der Waals surface area contributed by atoms with Gasteiger partial charge in [-0.15, -0.1) is 5.10 Å². The maximum Gasteiger partial charge on any atom is 0.281 e. The SMILES string of the molecule is O=c1ncn2nc(Oc3ccc(F)cc3F)ccc2c1-c1ccc(Cl)cc1Cl. The highest BCUT2D eigenvalue weighted by molar-refractivity contribution is 6.36. The molecule has 0 saturated carbocycles. The molecule has 0 aliphatic rings. The third-order valence-corrected chi connectivity index (χ3v) is 4.45. The molecule has 5 nitrogen and oxygen atoms in total. The standard InChI is InChI=1S/C19H9Cl2F2N3O2/c20-10-1-3-12(13(21)7-10)18-15-4-6-17(25-26(15)9-24-19(18)27)28-16-5-2-11(22)8-14(16)23/h1-9H. The summed E-state index contributed by atoms with van der Waals surface area (Å²) in [7, 11) is 0. The van der Waals surface area contributed by atoms with Crippen LogP contribution in [0.25, 0.3) is 16.6 Å². The third kappa shape index (κ3) is 3.42. The molecule has 0 amide bonds. The topological polar surface area (TPSA) is 56.5 Å². The fourth-order valence-corrected chi connectivity index (χ4v) is 3.16. The molecule has 0 fully saturated rings. The molecule has 0 bridgehead atoms. The van der Waals surface area contributed by atoms with E-state index in [4.69, 9.17) is 27.9 Å². The number of rotatable bonds is 3. The molecule has 0 atom stereocenters. The van der Waals surface area contributed by atoms with Crippen molar-refractivity contribution in [2.75, 3.05) is 0 Å². The second kappa shape index (κ2) is 7.18. The molecule has 2 aromatic heterocycles. The van der Waals surface area contributed by atoms with E-state index in [1.165, 1.54) is 23.0 Å². The predicted octanol–water partition coefficient (Wildman–Crippen LogP) is 5.13. The van der Waals surface area contributed by atoms with E-state index < -0.39 is 17.2 Å². The Labute approximate surface area is 166 Å². The van der Waals surface area contributed by atoms with Crippen LogP contribution >= 0.6 is 23.2 Å². The summed E-state index contributed by atoms with van der Waals surface area (Å²) in [6.45, 7) is 0. The zero-order chi connectivity index (χ0) is 19.8. The van der Waals surface area contributed by atoms with Crippen LogP contribution < -0.4 is 10.3 Å². The van der Waals surface area contributed by atoms with Gasteiger partial charge in [0.25, 0.3) is 5.56 Å². The van der Waals surface area contributed by atoms with Gasteiger partial charge in [-0.05, 0) is 30.3 Å². The van der Waals surface area contributed by atoms with Gasteiger partial charge in [-0.3, -0.25) is 4.79 Å². The average molecular weight is 420 g/mol. The maximum absolute atomic E-state index is 13.8. The summed E-state index contributed by atoms with van der Waals surface area (Å²) in [6, 6.07) is 10.7. The van der Waals surface area contributed by atoms with Crippen molar-refractivity contribution in [3.63, 3.8) is 0 Å². The molecule has 9 heteroatoms. The van der Waals surface area contributed by atoms with E-state index in [0.29, 0.717) is 22.2 Å². The minimum absolute atomic E-state index is 0.0246. The highest BCUT2D eigenvalue weighted by Crippen LogP contribution is 2.31. The number of halogens is 4. The number of nitrogens with zero attached hydrogens (tertiary/aromatic N) is 3. The molecule has 0 radical (unpaired) electrons. The van der Waals surface area contributed by atoms with Crippen LogP contribution in [0.15, 0.2) is 59.7 Å². The minimum Gasteiger partial charge on any atom is -0.434 e. The second-order valence-electron chi connectivity index (χ2n) is 5.73. The van der Waals surface area contributed by atoms with E-state index in [1.807, 2.05) is 0 Å². The summed E-state index contributed by atoms with van der Waals surface area (Å²) < 4.78 is 33.5. The highest BCUT2D eigenvalue weighted by Gasteiger charge is 2.15. The third-order valence-electron chi connectivity index (χ3n) is 3.90. The van der Waals surface area contributed by atoms with E-state index >= 15 is 0 Å². The minimum atomic E-state index is -0.867. The largest absolute Gasteiger partial charge is 0.434 e. The Bertz CT molecular complexity index is 1280. The van der Waals surface area contributed by atoms with Crippen LogP contribution in [0.2, 0.25) is 10.0 Å². The van der Waals surface area contributed by atoms with Crippen LogP contribution in [0.3, 0.4) is 0 Å². The van der Waals surface area contributed by atoms with Crippen LogP contribution in [-0.4, -0.2) is 14.6 Å². The van der Waals surface area contributed by atoms with Gasteiger partial charge in [0.1, 0.15) is 12.1 Å². The maximum atomic E-state index is 13.8. The van der Waals surface area contributed by atoms with Gasteiger partial charge in [-0.2, -0.15) is 4.98 Å². The highest BCUT2D eigenvalue weighted by atomic mass is 35.5. The van der Waals surface area contributed by atoms with Gasteiger partial charge in [0.2, 0.25) is 5.88 Å². The summed E-state index contributed by atoms with van der Waals surface area (Å²) >= 11 is 12.1. The van der Waals surface area contributed by atoms with Crippen LogP contribution in [0, 0.1) is 11.6 Å². The van der Waals surface area contributed by atoms with E-state index in [2.05, 4.69) is 10.1 Å². The monoisotopic (exact) mass is 419 g/mol. The van der Waals surface area contributed by atoms with Gasteiger partial charge < -0.3 is 4.74 Å². The molecule has 28 heavy (non-hydrogen) atoms. The Hall–Kier alpha value is -3.03. The van der Waals surface area contributed by atoms with Gasteiger partial charge >= 0.3 is 0 Å². The first-order valence-corrected chi connectivity index (χ1v) is 8.65. The lowest BCUT2D eigenvalue weighted by molar-refractivity contribution is 0.416. The fraction of sp³-hybridized carbons (Fsp3) is 0. The Morgan fingerprint density at radius 1 is 1.00 bits per heavy atom. The number of benzene rings is 2. The lowest BCUT2D eigenvalue weighted by Gasteiger charge is -2.10. The lowest BCUT2D eigenvalue weighted by atomic mass is 10.1. The van der Waals surface area contributed by atoms with Crippen molar-refractivity contribution < 1.29 is 13.5 Å². The first-order chi connectivity index (χ1) is 13.4. The lowest BCUT2D eigenvalue weighted by Crippen LogP contribution is -2.13. The zero-order valence-electron chi connectivity index (χ0n) is 13.9. The predicted molar refractivity (Wildman–Crippen MR) is 101 cm³/mol. The van der Waals surface area contributed by atoms with Gasteiger partial charge in [0, 0.05) is 22.7 Å². The summed E-state index contributed by atoms with van der Waals surface area (Å²) in [5.74, 6) is -1.75. The Kier molecular flexibility index (Phi) is 4.70. The van der Waals surface area contributed by atoms with E-state index in [0.717, 1.165) is 12.1 Å². The first kappa shape index (κ1) is 18.3. The van der Waals surface area contributed by atoms with Crippen molar-refractivity contribution in [3.8, 4) is 22.8 Å². The summed E-state index contributed by atoms with van der Waals surface area (Å²) in [5, 5.41) is 4.89. The number of ether oxygens (including phenoxy) is 1. The molecule has 4 aromatic rings. The summed E-state index contributed by atoms with van der Waals surface area (Å²) in [5.41, 5.74) is 0.596. The average Bonchev–Trinajstić information content (AvgIpc) is 2.65. The number of hydrogen-bond acceptors (Lipinski definition) is 4. The molecule has 0 aliphatic carbocycles. The van der Waals surface area contributed by atoms with Crippen molar-refractivity contribution >= 4 is 28.7 Å². The zero-order valence-corrected chi connectivity index (χ0v) is 15.4. The molecule has 2 aromatic carbocycles. The van der Waals surface area contributed by atoms with Crippen LogP contribution in [0.5, 0.6) is 11.6 Å². The molecule has 4 rings (SSSR count). The quantitative estimate of drug-likeness (QED) is 0.461. The van der Waals surface area contributed by atoms with E-state index in [-0.39, 0.29) is 22.2 Å². The molecule has 140 valence electrons. The molecular formula is C19H9Cl2F2N3O2. The van der Waals surface area contributed by atoms with Crippen molar-refractivity contribution in [3.05, 3.63) is 86.9 Å². The van der Waals surface area contributed by atoms with E-state index in [1.54, 1.807) is 18.2 Å². The molecule has 0 N–H and O–H groups in total. The van der Waals surface area contributed by atoms with E-state index in [9.17, 15) is 13.6 Å². The van der Waals surface area contributed by atoms with Crippen molar-refractivity contribution in [2.24, 2.45) is 0 Å². The van der Waals surface area contributed by atoms with Crippen molar-refractivity contribution in [1.82, 2.24) is 14.6 Å². The number of aromatic nitrogens is 3. The second-order valence-corrected chi connectivity index (χ2v) is 6.57. The molecule has 2 heterocycles. The van der Waals surface area contributed by atoms with Gasteiger partial charge in [0.15, 0.2) is 11.6 Å². The molecule has 0 spiro atoms. The van der Waals surface area contributed by atoms with Crippen LogP contribution in [0.4, 0.5) is 8.78 Å². The molecule has 0 unspecified atom stereocenters. The van der Waals surface area contributed by atoms with Gasteiger partial charge in [-0.1, -0.05) is 29.3 Å². The van der Waals surface area contributed by atoms with Crippen LogP contribution in [-0.2, 0) is 0 Å². The van der Waals surface area contributed by atoms with Gasteiger partial charge in [-0.25, -0.2) is 13.3 Å². The van der Waals surface area contributed by atoms with Crippen LogP contribution in [0.1, 0.15) is 0 Å². The van der Waals surface area contributed by atoms with Crippen molar-refractivity contribution in [2.45, 2.75) is 0 Å².